The van der Waals surface area contributed by atoms with Crippen molar-refractivity contribution in [3.8, 4) is 0 Å². The van der Waals surface area contributed by atoms with Crippen LogP contribution in [0.25, 0.3) is 0 Å². The zero-order valence-electron chi connectivity index (χ0n) is 35.5. The Hall–Kier alpha value is -4.22. The van der Waals surface area contributed by atoms with E-state index >= 15 is 4.79 Å². The van der Waals surface area contributed by atoms with Crippen LogP contribution in [0.3, 0.4) is 0 Å². The molecule has 1 amide bonds. The van der Waals surface area contributed by atoms with Crippen LogP contribution < -0.4 is 5.32 Å². The van der Waals surface area contributed by atoms with Crippen LogP contribution in [0.5, 0.6) is 0 Å². The van der Waals surface area contributed by atoms with Crippen LogP contribution in [-0.2, 0) is 54.3 Å². The zero-order chi connectivity index (χ0) is 45.0. The number of esters is 3. The molecule has 6 rings (SSSR count). The Morgan fingerprint density at radius 2 is 1.59 bits per heavy atom. The minimum absolute atomic E-state index is 0.0743. The molecule has 2 saturated carbocycles. The second kappa shape index (κ2) is 16.8. The summed E-state index contributed by atoms with van der Waals surface area (Å²) in [6.45, 7) is 10.9. The summed E-state index contributed by atoms with van der Waals surface area (Å²) in [5.41, 5.74) is -5.99. The lowest BCUT2D eigenvalue weighted by Gasteiger charge is -2.67. The Bertz CT molecular complexity index is 2060. The van der Waals surface area contributed by atoms with Crippen molar-refractivity contribution in [1.82, 2.24) is 5.32 Å². The van der Waals surface area contributed by atoms with Gasteiger partial charge in [-0.1, -0.05) is 74.5 Å². The number of alkyl halides is 1. The maximum Gasteiger partial charge on any atom is 0.338 e. The fourth-order valence-electron chi connectivity index (χ4n) is 9.91. The molecule has 2 aromatic rings. The van der Waals surface area contributed by atoms with Crippen LogP contribution in [0, 0.1) is 16.7 Å². The lowest BCUT2D eigenvalue weighted by molar-refractivity contribution is -0.351. The van der Waals surface area contributed by atoms with Gasteiger partial charge in [0.1, 0.15) is 22.7 Å². The van der Waals surface area contributed by atoms with E-state index < -0.39 is 118 Å². The van der Waals surface area contributed by atoms with E-state index in [0.717, 1.165) is 6.92 Å². The number of fused-ring (bicyclic) bond motifs is 5. The van der Waals surface area contributed by atoms with Crippen molar-refractivity contribution in [3.05, 3.63) is 82.9 Å². The third-order valence-corrected chi connectivity index (χ3v) is 14.2. The van der Waals surface area contributed by atoms with E-state index in [2.05, 4.69) is 5.32 Å². The van der Waals surface area contributed by atoms with Crippen LogP contribution in [0.2, 0.25) is 0 Å². The number of hydrogen-bond donors (Lipinski definition) is 5. The number of aliphatic hydroxyl groups excluding tert-OH is 3. The molecule has 0 aromatic heterocycles. The molecule has 1 saturated heterocycles. The summed E-state index contributed by atoms with van der Waals surface area (Å²) in [7, 11) is 0. The highest BCUT2D eigenvalue weighted by molar-refractivity contribution is 6.35. The first kappa shape index (κ1) is 46.3. The molecule has 2 aromatic carbocycles. The van der Waals surface area contributed by atoms with Crippen molar-refractivity contribution < 1.29 is 68.1 Å². The molecule has 1 heterocycles. The third-order valence-electron chi connectivity index (χ3n) is 13.7. The smallest absolute Gasteiger partial charge is 0.338 e. The number of Topliss-reactive ketones (excluding diaryl/α,β-unsaturated/α-hetero) is 1. The molecule has 3 aliphatic carbocycles. The number of halogens is 1. The first-order valence-electron chi connectivity index (χ1n) is 20.4. The first-order valence-corrected chi connectivity index (χ1v) is 20.7. The van der Waals surface area contributed by atoms with E-state index in [1.165, 1.54) is 27.7 Å². The van der Waals surface area contributed by atoms with Crippen LogP contribution in [0.4, 0.5) is 0 Å². The predicted molar refractivity (Wildman–Crippen MR) is 217 cm³/mol. The molecule has 1 unspecified atom stereocenters. The Morgan fingerprint density at radius 1 is 0.984 bits per heavy atom. The highest BCUT2D eigenvalue weighted by Gasteiger charge is 2.77. The van der Waals surface area contributed by atoms with Gasteiger partial charge < -0.3 is 49.4 Å². The van der Waals surface area contributed by atoms with Crippen molar-refractivity contribution >= 4 is 41.2 Å². The van der Waals surface area contributed by atoms with Crippen LogP contribution >= 0.6 is 11.6 Å². The number of benzene rings is 2. The van der Waals surface area contributed by atoms with Gasteiger partial charge in [0.15, 0.2) is 23.6 Å². The number of carbonyl (C=O) groups is 5. The van der Waals surface area contributed by atoms with Crippen LogP contribution in [0.15, 0.2) is 71.8 Å². The summed E-state index contributed by atoms with van der Waals surface area (Å²) >= 11 is 6.39. The van der Waals surface area contributed by atoms with Gasteiger partial charge in [-0.05, 0) is 50.0 Å². The van der Waals surface area contributed by atoms with Crippen molar-refractivity contribution in [2.75, 3.05) is 6.61 Å². The van der Waals surface area contributed by atoms with Gasteiger partial charge in [-0.2, -0.15) is 0 Å². The molecule has 5 N–H and O–H groups in total. The number of rotatable bonds is 12. The van der Waals surface area contributed by atoms with Gasteiger partial charge in [0.25, 0.3) is 0 Å². The number of nitrogens with one attached hydrogen (secondary N) is 1. The largest absolute Gasteiger partial charge is 0.456 e. The molecule has 332 valence electrons. The highest BCUT2D eigenvalue weighted by atomic mass is 35.5. The topological polar surface area (TPSA) is 224 Å². The molecule has 0 radical (unpaired) electrons. The number of amides is 1. The number of hydrogen-bond acceptors (Lipinski definition) is 14. The van der Waals surface area contributed by atoms with Gasteiger partial charge in [0.2, 0.25) is 5.91 Å². The molecule has 13 atom stereocenters. The average Bonchev–Trinajstić information content (AvgIpc) is 3.19. The summed E-state index contributed by atoms with van der Waals surface area (Å²) in [4.78, 5) is 67.2. The molecule has 61 heavy (non-hydrogen) atoms. The van der Waals surface area contributed by atoms with Gasteiger partial charge in [0.05, 0.1) is 43.0 Å². The fourth-order valence-corrected chi connectivity index (χ4v) is 9.97. The normalized spacial score (nSPS) is 34.0. The van der Waals surface area contributed by atoms with E-state index in [9.17, 15) is 39.6 Å². The third kappa shape index (κ3) is 7.80. The van der Waals surface area contributed by atoms with E-state index in [1.807, 2.05) is 6.07 Å². The second-order valence-electron chi connectivity index (χ2n) is 17.8. The summed E-state index contributed by atoms with van der Waals surface area (Å²) in [6.07, 6.45) is -11.0. The maximum atomic E-state index is 15.5. The quantitative estimate of drug-likeness (QED) is 0.0895. The minimum Gasteiger partial charge on any atom is -0.456 e. The van der Waals surface area contributed by atoms with Crippen LogP contribution in [-0.4, -0.2) is 115 Å². The average molecular weight is 870 g/mol. The molecule has 4 aliphatic rings. The Labute approximate surface area is 359 Å². The molecule has 15 nitrogen and oxygen atoms in total. The molecular weight excluding hydrogens is 814 g/mol. The number of ketones is 1. The highest BCUT2D eigenvalue weighted by Crippen LogP contribution is 2.64. The monoisotopic (exact) mass is 869 g/mol. The Morgan fingerprint density at radius 3 is 2.13 bits per heavy atom. The second-order valence-corrected chi connectivity index (χ2v) is 18.6. The van der Waals surface area contributed by atoms with Crippen molar-refractivity contribution in [3.63, 3.8) is 0 Å². The van der Waals surface area contributed by atoms with Crippen molar-refractivity contribution in [1.29, 1.82) is 0 Å². The Kier molecular flexibility index (Phi) is 12.8. The standard InChI is InChI=1S/C45H56ClNO14/c1-23-29(60-39(54)34(52)33(28-17-13-10-14-18-28)47-40(55)43(8,46)24(2)48)20-45(56)38(57-21-27-15-11-9-12-16-27)36-42(7,30(51)19-31-44(36,22-58-31)61-26(4)50)37(53)35(59-25(3)49)32(23)41(45,5)6/h9-18,24,29-31,33-36,38,48,51-52,56H,19-22H2,1-8H3,(H,47,55)/t24-,29+,30+,31?,33+,34-,35-,36+,38+,42-,43-,44+,45-/m1/s1. The minimum atomic E-state index is -2.19. The van der Waals surface area contributed by atoms with Gasteiger partial charge in [-0.15, -0.1) is 11.6 Å². The molecular formula is C45H56ClNO14. The number of aliphatic hydroxyl groups is 4. The van der Waals surface area contributed by atoms with E-state index in [1.54, 1.807) is 75.4 Å². The lowest BCUT2D eigenvalue weighted by atomic mass is 9.44. The summed E-state index contributed by atoms with van der Waals surface area (Å²) in [6, 6.07) is 15.6. The van der Waals surface area contributed by atoms with Crippen molar-refractivity contribution in [2.24, 2.45) is 16.7 Å². The summed E-state index contributed by atoms with van der Waals surface area (Å²) in [5, 5.41) is 50.3. The van der Waals surface area contributed by atoms with Crippen LogP contribution in [0.1, 0.15) is 85.4 Å². The molecule has 16 heteroatoms. The number of carbonyl (C=O) groups excluding carboxylic acids is 5. The van der Waals surface area contributed by atoms with Gasteiger partial charge in [-0.3, -0.25) is 19.2 Å². The van der Waals surface area contributed by atoms with Crippen molar-refractivity contribution in [2.45, 2.75) is 140 Å². The molecule has 0 spiro atoms. The van der Waals surface area contributed by atoms with E-state index in [-0.39, 0.29) is 30.8 Å². The van der Waals surface area contributed by atoms with E-state index in [0.29, 0.717) is 11.1 Å². The molecule has 3 fully saturated rings. The van der Waals surface area contributed by atoms with Gasteiger partial charge in [-0.25, -0.2) is 4.79 Å². The lowest BCUT2D eigenvalue weighted by Crippen LogP contribution is -2.81. The first-order chi connectivity index (χ1) is 28.4. The predicted octanol–water partition coefficient (Wildman–Crippen LogP) is 3.16. The maximum absolute atomic E-state index is 15.5. The number of ether oxygens (including phenoxy) is 5. The molecule has 1 aliphatic heterocycles. The zero-order valence-corrected chi connectivity index (χ0v) is 36.3. The molecule has 2 bridgehead atoms. The summed E-state index contributed by atoms with van der Waals surface area (Å²) in [5.74, 6) is -5.82. The van der Waals surface area contributed by atoms with Gasteiger partial charge in [0, 0.05) is 38.0 Å². The fraction of sp³-hybridized carbons (Fsp3) is 0.578. The summed E-state index contributed by atoms with van der Waals surface area (Å²) < 4.78 is 30.8. The SMILES string of the molecule is CC(=O)O[C@H]1C(=O)[C@]2(C)[C@@H](O)CC3OC[C@@]3(OC(C)=O)[C@H]2[C@H](OCc2ccccc2)[C@]2(O)C[C@H](OC(=O)[C@H](O)[C@@H](NC(=O)[C@](C)(Cl)[C@@H](C)O)c3ccccc3)C(C)=C1C2(C)C. The Balaban J connectivity index is 1.52. The van der Waals surface area contributed by atoms with Gasteiger partial charge >= 0.3 is 17.9 Å². The van der Waals surface area contributed by atoms with E-state index in [4.69, 9.17) is 35.3 Å².